The minimum absolute atomic E-state index is 0.293. The Morgan fingerprint density at radius 2 is 2.05 bits per heavy atom. The van der Waals surface area contributed by atoms with Crippen LogP contribution in [0, 0.1) is 11.7 Å². The highest BCUT2D eigenvalue weighted by Gasteiger charge is 2.24. The van der Waals surface area contributed by atoms with E-state index in [9.17, 15) is 4.39 Å². The van der Waals surface area contributed by atoms with Gasteiger partial charge in [0.2, 0.25) is 0 Å². The monoisotopic (exact) mass is 285 g/mol. The SMILES string of the molecule is COc1ccc(CC2Nc3ccccc3CC2C)cc1F. The average Bonchev–Trinajstić information content (AvgIpc) is 2.48. The summed E-state index contributed by atoms with van der Waals surface area (Å²) in [5, 5.41) is 3.59. The number of benzene rings is 2. The first-order chi connectivity index (χ1) is 10.2. The third-order valence-electron chi connectivity index (χ3n) is 4.26. The number of rotatable bonds is 3. The molecule has 0 radical (unpaired) electrons. The number of halogens is 1. The lowest BCUT2D eigenvalue weighted by Crippen LogP contribution is -2.35. The molecule has 21 heavy (non-hydrogen) atoms. The van der Waals surface area contributed by atoms with E-state index >= 15 is 0 Å². The van der Waals surface area contributed by atoms with E-state index in [0.717, 1.165) is 18.4 Å². The molecule has 3 rings (SSSR count). The summed E-state index contributed by atoms with van der Waals surface area (Å²) in [5.41, 5.74) is 3.56. The van der Waals surface area contributed by atoms with Gasteiger partial charge in [0, 0.05) is 11.7 Å². The Kier molecular flexibility index (Phi) is 3.82. The number of anilines is 1. The predicted octanol–water partition coefficient (Wildman–Crippen LogP) is 4.05. The van der Waals surface area contributed by atoms with Crippen molar-refractivity contribution in [3.63, 3.8) is 0 Å². The molecule has 1 N–H and O–H groups in total. The van der Waals surface area contributed by atoms with Crippen molar-refractivity contribution in [2.45, 2.75) is 25.8 Å². The molecule has 0 fully saturated rings. The first-order valence-corrected chi connectivity index (χ1v) is 7.34. The van der Waals surface area contributed by atoms with E-state index in [1.54, 1.807) is 12.1 Å². The molecule has 110 valence electrons. The molecule has 0 saturated carbocycles. The maximum Gasteiger partial charge on any atom is 0.165 e. The van der Waals surface area contributed by atoms with Gasteiger partial charge in [-0.3, -0.25) is 0 Å². The van der Waals surface area contributed by atoms with Crippen LogP contribution in [0.3, 0.4) is 0 Å². The van der Waals surface area contributed by atoms with Crippen LogP contribution >= 0.6 is 0 Å². The highest BCUT2D eigenvalue weighted by atomic mass is 19.1. The third-order valence-corrected chi connectivity index (χ3v) is 4.26. The van der Waals surface area contributed by atoms with Gasteiger partial charge in [-0.15, -0.1) is 0 Å². The fourth-order valence-corrected chi connectivity index (χ4v) is 3.01. The summed E-state index contributed by atoms with van der Waals surface area (Å²) >= 11 is 0. The standard InChI is InChI=1S/C18H20FNO/c1-12-9-14-5-3-4-6-16(14)20-17(12)11-13-7-8-18(21-2)15(19)10-13/h3-8,10,12,17,20H,9,11H2,1-2H3. The minimum Gasteiger partial charge on any atom is -0.494 e. The normalized spacial score (nSPS) is 20.5. The van der Waals surface area contributed by atoms with Crippen molar-refractivity contribution < 1.29 is 9.13 Å². The van der Waals surface area contributed by atoms with Crippen LogP contribution < -0.4 is 10.1 Å². The Balaban J connectivity index is 1.78. The van der Waals surface area contributed by atoms with E-state index in [2.05, 4.69) is 30.4 Å². The molecule has 2 unspecified atom stereocenters. The van der Waals surface area contributed by atoms with E-state index in [0.29, 0.717) is 17.7 Å². The van der Waals surface area contributed by atoms with Crippen molar-refractivity contribution in [1.29, 1.82) is 0 Å². The minimum atomic E-state index is -0.293. The van der Waals surface area contributed by atoms with Gasteiger partial charge in [0.1, 0.15) is 0 Å². The van der Waals surface area contributed by atoms with Crippen LogP contribution in [0.5, 0.6) is 5.75 Å². The molecular formula is C18H20FNO. The second kappa shape index (κ2) is 5.76. The van der Waals surface area contributed by atoms with Gasteiger partial charge in [0.25, 0.3) is 0 Å². The van der Waals surface area contributed by atoms with Crippen LogP contribution in [0.2, 0.25) is 0 Å². The van der Waals surface area contributed by atoms with Gasteiger partial charge in [-0.1, -0.05) is 31.2 Å². The molecule has 0 aliphatic carbocycles. The molecule has 0 amide bonds. The van der Waals surface area contributed by atoms with Crippen LogP contribution in [0.4, 0.5) is 10.1 Å². The van der Waals surface area contributed by atoms with Crippen molar-refractivity contribution in [3.05, 3.63) is 59.4 Å². The molecule has 0 spiro atoms. The first-order valence-electron chi connectivity index (χ1n) is 7.34. The Morgan fingerprint density at radius 3 is 2.81 bits per heavy atom. The van der Waals surface area contributed by atoms with Gasteiger partial charge >= 0.3 is 0 Å². The van der Waals surface area contributed by atoms with Gasteiger partial charge in [0.05, 0.1) is 7.11 Å². The van der Waals surface area contributed by atoms with Crippen LogP contribution in [-0.4, -0.2) is 13.2 Å². The smallest absolute Gasteiger partial charge is 0.165 e. The first kappa shape index (κ1) is 13.9. The van der Waals surface area contributed by atoms with Crippen LogP contribution in [0.15, 0.2) is 42.5 Å². The molecule has 2 atom stereocenters. The van der Waals surface area contributed by atoms with E-state index in [4.69, 9.17) is 4.74 Å². The summed E-state index contributed by atoms with van der Waals surface area (Å²) in [6, 6.07) is 14.0. The van der Waals surface area contributed by atoms with Gasteiger partial charge in [-0.05, 0) is 48.1 Å². The number of para-hydroxylation sites is 1. The Labute approximate surface area is 125 Å². The average molecular weight is 285 g/mol. The number of hydrogen-bond donors (Lipinski definition) is 1. The lowest BCUT2D eigenvalue weighted by molar-refractivity contribution is 0.385. The zero-order valence-electron chi connectivity index (χ0n) is 12.4. The third kappa shape index (κ3) is 2.87. The Morgan fingerprint density at radius 1 is 1.24 bits per heavy atom. The number of fused-ring (bicyclic) bond motifs is 1. The molecule has 2 aromatic carbocycles. The maximum atomic E-state index is 13.8. The van der Waals surface area contributed by atoms with Crippen molar-refractivity contribution in [1.82, 2.24) is 0 Å². The quantitative estimate of drug-likeness (QED) is 0.918. The summed E-state index contributed by atoms with van der Waals surface area (Å²) in [4.78, 5) is 0. The lowest BCUT2D eigenvalue weighted by Gasteiger charge is -2.33. The van der Waals surface area contributed by atoms with Gasteiger partial charge in [-0.2, -0.15) is 0 Å². The maximum absolute atomic E-state index is 13.8. The topological polar surface area (TPSA) is 21.3 Å². The van der Waals surface area contributed by atoms with Crippen molar-refractivity contribution in [3.8, 4) is 5.75 Å². The summed E-state index contributed by atoms with van der Waals surface area (Å²) in [6.45, 7) is 2.24. The highest BCUT2D eigenvalue weighted by Crippen LogP contribution is 2.30. The number of nitrogens with one attached hydrogen (secondary N) is 1. The zero-order chi connectivity index (χ0) is 14.8. The molecule has 1 heterocycles. The summed E-state index contributed by atoms with van der Waals surface area (Å²) < 4.78 is 18.8. The molecule has 2 nitrogen and oxygen atoms in total. The summed E-state index contributed by atoms with van der Waals surface area (Å²) in [7, 11) is 1.49. The zero-order valence-corrected chi connectivity index (χ0v) is 12.4. The van der Waals surface area contributed by atoms with Gasteiger partial charge < -0.3 is 10.1 Å². The second-order valence-electron chi connectivity index (χ2n) is 5.76. The van der Waals surface area contributed by atoms with Crippen molar-refractivity contribution >= 4 is 5.69 Å². The van der Waals surface area contributed by atoms with Crippen molar-refractivity contribution in [2.75, 3.05) is 12.4 Å². The molecule has 3 heteroatoms. The fraction of sp³-hybridized carbons (Fsp3) is 0.333. The molecule has 1 aliphatic heterocycles. The number of ether oxygens (including phenoxy) is 1. The molecule has 1 aliphatic rings. The van der Waals surface area contributed by atoms with E-state index in [1.807, 2.05) is 12.1 Å². The predicted molar refractivity (Wildman–Crippen MR) is 83.4 cm³/mol. The van der Waals surface area contributed by atoms with E-state index in [1.165, 1.54) is 18.4 Å². The number of hydrogen-bond acceptors (Lipinski definition) is 2. The molecular weight excluding hydrogens is 265 g/mol. The molecule has 0 bridgehead atoms. The van der Waals surface area contributed by atoms with Crippen molar-refractivity contribution in [2.24, 2.45) is 5.92 Å². The van der Waals surface area contributed by atoms with Crippen LogP contribution in [-0.2, 0) is 12.8 Å². The summed E-state index contributed by atoms with van der Waals surface area (Å²) in [5.74, 6) is 0.526. The Hall–Kier alpha value is -2.03. The van der Waals surface area contributed by atoms with Gasteiger partial charge in [0.15, 0.2) is 11.6 Å². The largest absolute Gasteiger partial charge is 0.494 e. The molecule has 2 aromatic rings. The fourth-order valence-electron chi connectivity index (χ4n) is 3.01. The summed E-state index contributed by atoms with van der Waals surface area (Å²) in [6.07, 6.45) is 1.88. The van der Waals surface area contributed by atoms with E-state index in [-0.39, 0.29) is 5.82 Å². The Bertz CT molecular complexity index is 641. The van der Waals surface area contributed by atoms with Gasteiger partial charge in [-0.25, -0.2) is 4.39 Å². The lowest BCUT2D eigenvalue weighted by atomic mass is 9.85. The second-order valence-corrected chi connectivity index (χ2v) is 5.76. The number of methoxy groups -OCH3 is 1. The van der Waals surface area contributed by atoms with Crippen LogP contribution in [0.25, 0.3) is 0 Å². The molecule has 0 saturated heterocycles. The van der Waals surface area contributed by atoms with Crippen LogP contribution in [0.1, 0.15) is 18.1 Å². The highest BCUT2D eigenvalue weighted by molar-refractivity contribution is 5.54. The molecule has 0 aromatic heterocycles. The van der Waals surface area contributed by atoms with E-state index < -0.39 is 0 Å².